The van der Waals surface area contributed by atoms with Crippen molar-refractivity contribution in [2.45, 2.75) is 25.0 Å². The Morgan fingerprint density at radius 1 is 1.11 bits per heavy atom. The molecule has 7 heteroatoms. The monoisotopic (exact) mass is 367 g/mol. The molecule has 2 unspecified atom stereocenters. The van der Waals surface area contributed by atoms with Gasteiger partial charge in [-0.25, -0.2) is 9.82 Å². The fourth-order valence-corrected chi connectivity index (χ4v) is 3.75. The van der Waals surface area contributed by atoms with E-state index in [-0.39, 0.29) is 30.6 Å². The van der Waals surface area contributed by atoms with Crippen molar-refractivity contribution in [3.05, 3.63) is 71.8 Å². The van der Waals surface area contributed by atoms with Crippen LogP contribution in [0.15, 0.2) is 54.9 Å². The molecule has 6 nitrogen and oxygen atoms in total. The van der Waals surface area contributed by atoms with E-state index in [2.05, 4.69) is 5.43 Å². The SMILES string of the molecule is O=C1C2CC(c3ccc4c(c3)OCO4)NN2C=CN1Cc1cccc(F)c1. The van der Waals surface area contributed by atoms with Crippen molar-refractivity contribution >= 4 is 5.91 Å². The Balaban J connectivity index is 1.32. The molecule has 1 fully saturated rings. The Kier molecular flexibility index (Phi) is 3.75. The van der Waals surface area contributed by atoms with E-state index in [1.165, 1.54) is 12.1 Å². The minimum atomic E-state index is -0.298. The highest BCUT2D eigenvalue weighted by Gasteiger charge is 2.40. The van der Waals surface area contributed by atoms with Gasteiger partial charge in [-0.3, -0.25) is 4.79 Å². The molecule has 1 amide bonds. The van der Waals surface area contributed by atoms with Gasteiger partial charge in [-0.05, 0) is 41.8 Å². The van der Waals surface area contributed by atoms with Crippen LogP contribution in [0.2, 0.25) is 0 Å². The standard InChI is InChI=1S/C20H18FN3O3/c21-15-3-1-2-13(8-15)11-23-6-7-24-17(20(23)25)10-16(22-24)14-4-5-18-19(9-14)27-12-26-18/h1-9,16-17,22H,10-12H2. The van der Waals surface area contributed by atoms with Crippen LogP contribution in [0.5, 0.6) is 11.5 Å². The normalized spacial score (nSPS) is 23.1. The maximum atomic E-state index is 13.4. The quantitative estimate of drug-likeness (QED) is 0.904. The summed E-state index contributed by atoms with van der Waals surface area (Å²) in [7, 11) is 0. The van der Waals surface area contributed by atoms with E-state index in [1.54, 1.807) is 17.2 Å². The molecule has 2 aromatic rings. The first-order valence-corrected chi connectivity index (χ1v) is 8.85. The molecule has 3 aliphatic heterocycles. The summed E-state index contributed by atoms with van der Waals surface area (Å²) in [5.41, 5.74) is 5.18. The van der Waals surface area contributed by atoms with Gasteiger partial charge in [-0.2, -0.15) is 0 Å². The predicted molar refractivity (Wildman–Crippen MR) is 94.8 cm³/mol. The number of carbonyl (C=O) groups is 1. The third-order valence-electron chi connectivity index (χ3n) is 5.12. The Bertz CT molecular complexity index is 932. The third kappa shape index (κ3) is 2.90. The summed E-state index contributed by atoms with van der Waals surface area (Å²) in [4.78, 5) is 14.6. The molecule has 0 radical (unpaired) electrons. The van der Waals surface area contributed by atoms with Gasteiger partial charge in [0.15, 0.2) is 11.5 Å². The van der Waals surface area contributed by atoms with Crippen LogP contribution in [0.1, 0.15) is 23.6 Å². The van der Waals surface area contributed by atoms with Crippen molar-refractivity contribution in [2.75, 3.05) is 6.79 Å². The molecule has 0 bridgehead atoms. The molecule has 2 atom stereocenters. The second kappa shape index (κ2) is 6.28. The molecule has 0 aromatic heterocycles. The smallest absolute Gasteiger partial charge is 0.251 e. The number of hydrazine groups is 1. The molecular weight excluding hydrogens is 349 g/mol. The van der Waals surface area contributed by atoms with Crippen molar-refractivity contribution in [1.29, 1.82) is 0 Å². The third-order valence-corrected chi connectivity index (χ3v) is 5.12. The maximum absolute atomic E-state index is 13.4. The number of benzene rings is 2. The molecule has 1 saturated heterocycles. The second-order valence-electron chi connectivity index (χ2n) is 6.85. The number of nitrogens with one attached hydrogen (secondary N) is 1. The molecule has 27 heavy (non-hydrogen) atoms. The van der Waals surface area contributed by atoms with Gasteiger partial charge in [0.2, 0.25) is 6.79 Å². The van der Waals surface area contributed by atoms with Crippen LogP contribution < -0.4 is 14.9 Å². The molecule has 2 aromatic carbocycles. The Morgan fingerprint density at radius 2 is 2.00 bits per heavy atom. The van der Waals surface area contributed by atoms with E-state index in [4.69, 9.17) is 9.47 Å². The number of halogens is 1. The zero-order valence-electron chi connectivity index (χ0n) is 14.5. The van der Waals surface area contributed by atoms with Gasteiger partial charge in [-0.15, -0.1) is 0 Å². The summed E-state index contributed by atoms with van der Waals surface area (Å²) in [5, 5.41) is 1.85. The summed E-state index contributed by atoms with van der Waals surface area (Å²) in [6.45, 7) is 0.591. The maximum Gasteiger partial charge on any atom is 0.251 e. The Hall–Kier alpha value is -3.06. The summed E-state index contributed by atoms with van der Waals surface area (Å²) in [5.74, 6) is 1.17. The van der Waals surface area contributed by atoms with Crippen molar-refractivity contribution in [2.24, 2.45) is 0 Å². The molecule has 0 spiro atoms. The lowest BCUT2D eigenvalue weighted by Gasteiger charge is -2.31. The first-order chi connectivity index (χ1) is 13.2. The Morgan fingerprint density at radius 3 is 2.89 bits per heavy atom. The van der Waals surface area contributed by atoms with Crippen LogP contribution in [0.4, 0.5) is 4.39 Å². The van der Waals surface area contributed by atoms with E-state index >= 15 is 0 Å². The summed E-state index contributed by atoms with van der Waals surface area (Å²) in [6, 6.07) is 11.9. The molecule has 3 aliphatic rings. The zero-order valence-corrected chi connectivity index (χ0v) is 14.5. The highest BCUT2D eigenvalue weighted by molar-refractivity contribution is 5.84. The summed E-state index contributed by atoms with van der Waals surface area (Å²) >= 11 is 0. The topological polar surface area (TPSA) is 54.0 Å². The first-order valence-electron chi connectivity index (χ1n) is 8.85. The lowest BCUT2D eigenvalue weighted by Crippen LogP contribution is -2.47. The molecule has 1 N–H and O–H groups in total. The average molecular weight is 367 g/mol. The fourth-order valence-electron chi connectivity index (χ4n) is 3.75. The molecule has 5 rings (SSSR count). The largest absolute Gasteiger partial charge is 0.454 e. The number of amides is 1. The number of hydrogen-bond donors (Lipinski definition) is 1. The van der Waals surface area contributed by atoms with Gasteiger partial charge < -0.3 is 19.4 Å². The number of fused-ring (bicyclic) bond motifs is 2. The first kappa shape index (κ1) is 16.1. The number of carbonyl (C=O) groups excluding carboxylic acids is 1. The fraction of sp³-hybridized carbons (Fsp3) is 0.250. The zero-order chi connectivity index (χ0) is 18.4. The van der Waals surface area contributed by atoms with E-state index in [1.807, 2.05) is 35.5 Å². The number of rotatable bonds is 3. The van der Waals surface area contributed by atoms with Crippen LogP contribution in [-0.2, 0) is 11.3 Å². The molecule has 0 saturated carbocycles. The highest BCUT2D eigenvalue weighted by atomic mass is 19.1. The van der Waals surface area contributed by atoms with Crippen LogP contribution in [0.25, 0.3) is 0 Å². The van der Waals surface area contributed by atoms with E-state index < -0.39 is 0 Å². The number of nitrogens with zero attached hydrogens (tertiary/aromatic N) is 2. The molecule has 138 valence electrons. The lowest BCUT2D eigenvalue weighted by molar-refractivity contribution is -0.134. The van der Waals surface area contributed by atoms with Gasteiger partial charge >= 0.3 is 0 Å². The van der Waals surface area contributed by atoms with Crippen molar-refractivity contribution in [3.63, 3.8) is 0 Å². The highest BCUT2D eigenvalue weighted by Crippen LogP contribution is 2.37. The van der Waals surface area contributed by atoms with E-state index in [0.29, 0.717) is 13.0 Å². The predicted octanol–water partition coefficient (Wildman–Crippen LogP) is 2.69. The van der Waals surface area contributed by atoms with Gasteiger partial charge in [0.25, 0.3) is 5.91 Å². The number of hydrogen-bond acceptors (Lipinski definition) is 5. The Labute approximate surface area is 155 Å². The molecule has 3 heterocycles. The lowest BCUT2D eigenvalue weighted by atomic mass is 10.0. The van der Waals surface area contributed by atoms with Crippen LogP contribution in [0, 0.1) is 5.82 Å². The van der Waals surface area contributed by atoms with Gasteiger partial charge in [0.1, 0.15) is 11.9 Å². The molecular formula is C20H18FN3O3. The minimum absolute atomic E-state index is 0.00231. The van der Waals surface area contributed by atoms with E-state index in [9.17, 15) is 9.18 Å². The second-order valence-corrected chi connectivity index (χ2v) is 6.85. The minimum Gasteiger partial charge on any atom is -0.454 e. The van der Waals surface area contributed by atoms with Crippen LogP contribution in [-0.4, -0.2) is 28.7 Å². The van der Waals surface area contributed by atoms with Gasteiger partial charge in [0, 0.05) is 12.4 Å². The van der Waals surface area contributed by atoms with Gasteiger partial charge in [-0.1, -0.05) is 18.2 Å². The number of ether oxygens (including phenoxy) is 2. The van der Waals surface area contributed by atoms with Crippen LogP contribution in [0.3, 0.4) is 0 Å². The van der Waals surface area contributed by atoms with Crippen molar-refractivity contribution in [3.8, 4) is 11.5 Å². The van der Waals surface area contributed by atoms with Crippen molar-refractivity contribution < 1.29 is 18.7 Å². The van der Waals surface area contributed by atoms with Gasteiger partial charge in [0.05, 0.1) is 12.6 Å². The van der Waals surface area contributed by atoms with Crippen molar-refractivity contribution in [1.82, 2.24) is 15.3 Å². The van der Waals surface area contributed by atoms with Crippen LogP contribution >= 0.6 is 0 Å². The van der Waals surface area contributed by atoms with E-state index in [0.717, 1.165) is 22.6 Å². The summed E-state index contributed by atoms with van der Waals surface area (Å²) < 4.78 is 24.2. The average Bonchev–Trinajstić information content (AvgIpc) is 3.30. The summed E-state index contributed by atoms with van der Waals surface area (Å²) in [6.07, 6.45) is 4.24. The molecule has 0 aliphatic carbocycles.